The van der Waals surface area contributed by atoms with Crippen molar-refractivity contribution in [2.24, 2.45) is 0 Å². The second-order valence-electron chi connectivity index (χ2n) is 5.39. The maximum absolute atomic E-state index is 10.9. The number of rotatable bonds is 6. The third-order valence-electron chi connectivity index (χ3n) is 3.78. The standard InChI is InChI=1S/C18H21BrO2/c1-3-18(20,12-14-7-5-4-6-8-14)13-15-9-10-17(21-2)16(19)11-15/h4-11,20H,3,12-13H2,1-2H3. The van der Waals surface area contributed by atoms with Gasteiger partial charge in [-0.15, -0.1) is 0 Å². The van der Waals surface area contributed by atoms with Crippen molar-refractivity contribution >= 4 is 15.9 Å². The van der Waals surface area contributed by atoms with Gasteiger partial charge in [0.15, 0.2) is 0 Å². The number of ether oxygens (including phenoxy) is 1. The third-order valence-corrected chi connectivity index (χ3v) is 4.40. The first kappa shape index (κ1) is 16.1. The van der Waals surface area contributed by atoms with E-state index in [1.807, 2.05) is 43.3 Å². The molecule has 0 amide bonds. The largest absolute Gasteiger partial charge is 0.496 e. The third kappa shape index (κ3) is 4.32. The Morgan fingerprint density at radius 1 is 1.05 bits per heavy atom. The molecule has 2 aromatic rings. The number of hydrogen-bond donors (Lipinski definition) is 1. The maximum atomic E-state index is 10.9. The highest BCUT2D eigenvalue weighted by Gasteiger charge is 2.25. The Labute approximate surface area is 134 Å². The minimum atomic E-state index is -0.727. The fourth-order valence-corrected chi connectivity index (χ4v) is 3.08. The van der Waals surface area contributed by atoms with Crippen LogP contribution in [-0.4, -0.2) is 17.8 Å². The SMILES string of the molecule is CCC(O)(Cc1ccccc1)Cc1ccc(OC)c(Br)c1. The molecule has 0 saturated heterocycles. The molecule has 0 aromatic heterocycles. The molecular formula is C18H21BrO2. The van der Waals surface area contributed by atoms with Crippen LogP contribution >= 0.6 is 15.9 Å². The van der Waals surface area contributed by atoms with Gasteiger partial charge in [0.25, 0.3) is 0 Å². The van der Waals surface area contributed by atoms with E-state index in [0.29, 0.717) is 19.3 Å². The van der Waals surface area contributed by atoms with Crippen LogP contribution in [0.3, 0.4) is 0 Å². The van der Waals surface area contributed by atoms with Gasteiger partial charge in [0, 0.05) is 12.8 Å². The smallest absolute Gasteiger partial charge is 0.133 e. The predicted octanol–water partition coefficient (Wildman–Crippen LogP) is 4.38. The van der Waals surface area contributed by atoms with E-state index in [1.54, 1.807) is 7.11 Å². The van der Waals surface area contributed by atoms with E-state index in [-0.39, 0.29) is 0 Å². The second kappa shape index (κ2) is 7.10. The molecule has 3 heteroatoms. The summed E-state index contributed by atoms with van der Waals surface area (Å²) < 4.78 is 6.16. The van der Waals surface area contributed by atoms with Crippen molar-refractivity contribution in [1.29, 1.82) is 0 Å². The van der Waals surface area contributed by atoms with Crippen LogP contribution in [0.2, 0.25) is 0 Å². The van der Waals surface area contributed by atoms with Crippen LogP contribution in [0.4, 0.5) is 0 Å². The first-order chi connectivity index (χ1) is 10.1. The summed E-state index contributed by atoms with van der Waals surface area (Å²) in [5, 5.41) is 10.9. The molecule has 0 spiro atoms. The van der Waals surface area contributed by atoms with Gasteiger partial charge in [0.05, 0.1) is 17.2 Å². The van der Waals surface area contributed by atoms with Crippen molar-refractivity contribution in [2.75, 3.05) is 7.11 Å². The van der Waals surface area contributed by atoms with E-state index < -0.39 is 5.60 Å². The summed E-state index contributed by atoms with van der Waals surface area (Å²) in [5.74, 6) is 0.807. The van der Waals surface area contributed by atoms with Crippen LogP contribution in [0.1, 0.15) is 24.5 Å². The molecule has 0 aliphatic rings. The molecule has 2 aromatic carbocycles. The molecule has 112 valence electrons. The number of methoxy groups -OCH3 is 1. The van der Waals surface area contributed by atoms with Gasteiger partial charge in [0.2, 0.25) is 0 Å². The van der Waals surface area contributed by atoms with Gasteiger partial charge in [0.1, 0.15) is 5.75 Å². The van der Waals surface area contributed by atoms with Gasteiger partial charge in [-0.25, -0.2) is 0 Å². The number of hydrogen-bond acceptors (Lipinski definition) is 2. The van der Waals surface area contributed by atoms with Gasteiger partial charge in [-0.2, -0.15) is 0 Å². The lowest BCUT2D eigenvalue weighted by molar-refractivity contribution is 0.0368. The average Bonchev–Trinajstić information content (AvgIpc) is 2.48. The summed E-state index contributed by atoms with van der Waals surface area (Å²) in [6.07, 6.45) is 2.00. The molecule has 0 aliphatic heterocycles. The van der Waals surface area contributed by atoms with Crippen LogP contribution in [0.25, 0.3) is 0 Å². The summed E-state index contributed by atoms with van der Waals surface area (Å²) in [6, 6.07) is 16.1. The summed E-state index contributed by atoms with van der Waals surface area (Å²) in [4.78, 5) is 0. The van der Waals surface area contributed by atoms with Crippen LogP contribution in [0, 0.1) is 0 Å². The Morgan fingerprint density at radius 3 is 2.29 bits per heavy atom. The lowest BCUT2D eigenvalue weighted by atomic mass is 9.86. The lowest BCUT2D eigenvalue weighted by Crippen LogP contribution is -2.33. The Balaban J connectivity index is 2.16. The van der Waals surface area contributed by atoms with Crippen LogP contribution < -0.4 is 4.74 Å². The highest BCUT2D eigenvalue weighted by molar-refractivity contribution is 9.10. The monoisotopic (exact) mass is 348 g/mol. The zero-order valence-corrected chi connectivity index (χ0v) is 14.1. The normalized spacial score (nSPS) is 13.7. The second-order valence-corrected chi connectivity index (χ2v) is 6.24. The summed E-state index contributed by atoms with van der Waals surface area (Å²) in [6.45, 7) is 2.03. The van der Waals surface area contributed by atoms with Crippen molar-refractivity contribution in [2.45, 2.75) is 31.8 Å². The quantitative estimate of drug-likeness (QED) is 0.838. The minimum absolute atomic E-state index is 0.626. The topological polar surface area (TPSA) is 29.5 Å². The Hall–Kier alpha value is -1.32. The number of benzene rings is 2. The molecule has 0 fully saturated rings. The van der Waals surface area contributed by atoms with Crippen LogP contribution in [0.15, 0.2) is 53.0 Å². The number of halogens is 1. The van der Waals surface area contributed by atoms with E-state index in [1.165, 1.54) is 0 Å². The van der Waals surface area contributed by atoms with Gasteiger partial charge in [-0.3, -0.25) is 0 Å². The molecule has 1 unspecified atom stereocenters. The molecule has 1 atom stereocenters. The molecule has 1 N–H and O–H groups in total. The van der Waals surface area contributed by atoms with Crippen molar-refractivity contribution in [3.05, 3.63) is 64.1 Å². The molecular weight excluding hydrogens is 328 g/mol. The molecule has 2 rings (SSSR count). The average molecular weight is 349 g/mol. The van der Waals surface area contributed by atoms with Crippen molar-refractivity contribution in [3.8, 4) is 5.75 Å². The van der Waals surface area contributed by atoms with Crippen LogP contribution in [0.5, 0.6) is 5.75 Å². The molecule has 0 radical (unpaired) electrons. The van der Waals surface area contributed by atoms with Crippen LogP contribution in [-0.2, 0) is 12.8 Å². The Bertz CT molecular complexity index is 583. The fourth-order valence-electron chi connectivity index (χ4n) is 2.49. The molecule has 0 bridgehead atoms. The summed E-state index contributed by atoms with van der Waals surface area (Å²) in [5.41, 5.74) is 1.53. The Kier molecular flexibility index (Phi) is 5.43. The van der Waals surface area contributed by atoms with Crippen molar-refractivity contribution in [3.63, 3.8) is 0 Å². The van der Waals surface area contributed by atoms with Crippen molar-refractivity contribution in [1.82, 2.24) is 0 Å². The number of aliphatic hydroxyl groups is 1. The zero-order chi connectivity index (χ0) is 15.3. The molecule has 0 aliphatic carbocycles. The Morgan fingerprint density at radius 2 is 1.71 bits per heavy atom. The molecule has 0 heterocycles. The first-order valence-electron chi connectivity index (χ1n) is 7.15. The van der Waals surface area contributed by atoms with E-state index in [0.717, 1.165) is 21.3 Å². The molecule has 0 saturated carbocycles. The highest BCUT2D eigenvalue weighted by atomic mass is 79.9. The predicted molar refractivity (Wildman–Crippen MR) is 89.8 cm³/mol. The van der Waals surface area contributed by atoms with E-state index >= 15 is 0 Å². The molecule has 21 heavy (non-hydrogen) atoms. The fraction of sp³-hybridized carbons (Fsp3) is 0.333. The minimum Gasteiger partial charge on any atom is -0.496 e. The zero-order valence-electron chi connectivity index (χ0n) is 12.5. The molecule has 2 nitrogen and oxygen atoms in total. The van der Waals surface area contributed by atoms with Gasteiger partial charge < -0.3 is 9.84 Å². The first-order valence-corrected chi connectivity index (χ1v) is 7.94. The summed E-state index contributed by atoms with van der Waals surface area (Å²) >= 11 is 3.50. The van der Waals surface area contributed by atoms with Gasteiger partial charge >= 0.3 is 0 Å². The van der Waals surface area contributed by atoms with Gasteiger partial charge in [-0.05, 0) is 45.6 Å². The van der Waals surface area contributed by atoms with Gasteiger partial charge in [-0.1, -0.05) is 43.3 Å². The van der Waals surface area contributed by atoms with E-state index in [2.05, 4.69) is 28.1 Å². The van der Waals surface area contributed by atoms with E-state index in [4.69, 9.17) is 4.74 Å². The maximum Gasteiger partial charge on any atom is 0.133 e. The lowest BCUT2D eigenvalue weighted by Gasteiger charge is -2.27. The van der Waals surface area contributed by atoms with E-state index in [9.17, 15) is 5.11 Å². The van der Waals surface area contributed by atoms with Crippen molar-refractivity contribution < 1.29 is 9.84 Å². The highest BCUT2D eigenvalue weighted by Crippen LogP contribution is 2.29. The summed E-state index contributed by atoms with van der Waals surface area (Å²) in [7, 11) is 1.65.